The van der Waals surface area contributed by atoms with Crippen molar-refractivity contribution in [1.29, 1.82) is 0 Å². The highest BCUT2D eigenvalue weighted by Gasteiger charge is 2.14. The topological polar surface area (TPSA) is 84.2 Å². The number of aryl methyl sites for hydroxylation is 2. The summed E-state index contributed by atoms with van der Waals surface area (Å²) < 4.78 is 1.78. The van der Waals surface area contributed by atoms with E-state index in [1.807, 2.05) is 32.0 Å². The lowest BCUT2D eigenvalue weighted by molar-refractivity contribution is 0.0977. The Morgan fingerprint density at radius 1 is 1.23 bits per heavy atom. The molecule has 0 aliphatic carbocycles. The smallest absolute Gasteiger partial charge is 0.257 e. The highest BCUT2D eigenvalue weighted by Crippen LogP contribution is 2.28. The van der Waals surface area contributed by atoms with E-state index in [-0.39, 0.29) is 11.0 Å². The van der Waals surface area contributed by atoms with Crippen LogP contribution in [0.1, 0.15) is 28.7 Å². The van der Waals surface area contributed by atoms with Crippen LogP contribution in [0.3, 0.4) is 0 Å². The maximum Gasteiger partial charge on any atom is 0.257 e. The number of nitrogens with zero attached hydrogens (tertiary/aromatic N) is 4. The number of halogens is 1. The summed E-state index contributed by atoms with van der Waals surface area (Å²) in [7, 11) is 0. The van der Waals surface area contributed by atoms with Crippen molar-refractivity contribution in [2.24, 2.45) is 0 Å². The maximum atomic E-state index is 12.3. The van der Waals surface area contributed by atoms with Crippen molar-refractivity contribution in [1.82, 2.24) is 25.1 Å². The molecule has 0 aliphatic rings. The van der Waals surface area contributed by atoms with Gasteiger partial charge in [0, 0.05) is 28.3 Å². The van der Waals surface area contributed by atoms with Gasteiger partial charge in [-0.05, 0) is 61.1 Å². The first-order chi connectivity index (χ1) is 14.4. The molecule has 2 aromatic carbocycles. The molecule has 0 spiro atoms. The molecule has 4 aromatic rings. The van der Waals surface area contributed by atoms with E-state index in [1.54, 1.807) is 28.8 Å². The number of carbonyl (C=O) groups excluding carboxylic acids is 1. The fourth-order valence-corrected chi connectivity index (χ4v) is 4.14. The van der Waals surface area contributed by atoms with Crippen molar-refractivity contribution >= 4 is 56.8 Å². The van der Waals surface area contributed by atoms with Crippen molar-refractivity contribution in [3.8, 4) is 10.6 Å². The van der Waals surface area contributed by atoms with E-state index in [2.05, 4.69) is 25.9 Å². The van der Waals surface area contributed by atoms with Crippen LogP contribution in [-0.4, -0.2) is 30.8 Å². The molecule has 2 aromatic heterocycles. The lowest BCUT2D eigenvalue weighted by atomic mass is 10.1. The van der Waals surface area contributed by atoms with E-state index in [1.165, 1.54) is 11.3 Å². The molecule has 1 amide bonds. The predicted octanol–water partition coefficient (Wildman–Crippen LogP) is 4.50. The fraction of sp³-hybridized carbons (Fsp3) is 0.150. The van der Waals surface area contributed by atoms with E-state index in [0.29, 0.717) is 10.6 Å². The third kappa shape index (κ3) is 4.18. The quantitative estimate of drug-likeness (QED) is 0.440. The Morgan fingerprint density at radius 2 is 2.07 bits per heavy atom. The van der Waals surface area contributed by atoms with Gasteiger partial charge in [0.15, 0.2) is 10.9 Å². The molecule has 0 fully saturated rings. The summed E-state index contributed by atoms with van der Waals surface area (Å²) in [5.41, 5.74) is 3.18. The van der Waals surface area contributed by atoms with Gasteiger partial charge in [-0.25, -0.2) is 0 Å². The van der Waals surface area contributed by atoms with E-state index in [9.17, 15) is 4.79 Å². The van der Waals surface area contributed by atoms with Gasteiger partial charge in [0.1, 0.15) is 5.01 Å². The first-order valence-corrected chi connectivity index (χ1v) is 10.7. The van der Waals surface area contributed by atoms with Gasteiger partial charge in [0.2, 0.25) is 4.96 Å². The van der Waals surface area contributed by atoms with Gasteiger partial charge in [0.05, 0.1) is 0 Å². The van der Waals surface area contributed by atoms with E-state index >= 15 is 0 Å². The molecule has 152 valence electrons. The monoisotopic (exact) mass is 456 g/mol. The number of hydrogen-bond donors (Lipinski definition) is 2. The Balaban J connectivity index is 1.48. The van der Waals surface area contributed by atoms with Gasteiger partial charge >= 0.3 is 0 Å². The molecular formula is C20H17ClN6OS2. The van der Waals surface area contributed by atoms with Gasteiger partial charge in [0.25, 0.3) is 5.91 Å². The molecule has 0 saturated carbocycles. The zero-order chi connectivity index (χ0) is 21.3. The standard InChI is InChI=1S/C20H17ClN6OS2/c1-3-16-24-25-20-27(16)26-18(30-20)13-7-8-15(11(2)9-13)22-19(29)23-17(28)12-5-4-6-14(21)10-12/h4-10H,3H2,1-2H3,(H2,22,23,28,29). The molecule has 2 N–H and O–H groups in total. The summed E-state index contributed by atoms with van der Waals surface area (Å²) >= 11 is 12.7. The zero-order valence-electron chi connectivity index (χ0n) is 16.1. The Bertz CT molecular complexity index is 1270. The minimum absolute atomic E-state index is 0.210. The number of thiocarbonyl (C=S) groups is 1. The van der Waals surface area contributed by atoms with Crippen LogP contribution in [0.2, 0.25) is 5.02 Å². The number of anilines is 1. The predicted molar refractivity (Wildman–Crippen MR) is 123 cm³/mol. The molecule has 7 nitrogen and oxygen atoms in total. The molecule has 2 heterocycles. The Hall–Kier alpha value is -2.88. The maximum absolute atomic E-state index is 12.3. The van der Waals surface area contributed by atoms with Crippen LogP contribution in [-0.2, 0) is 6.42 Å². The second-order valence-electron chi connectivity index (χ2n) is 6.52. The van der Waals surface area contributed by atoms with Crippen LogP contribution < -0.4 is 10.6 Å². The zero-order valence-corrected chi connectivity index (χ0v) is 18.5. The SMILES string of the molecule is CCc1nnc2sc(-c3ccc(NC(=S)NC(=O)c4cccc(Cl)c4)c(C)c3)nn12. The van der Waals surface area contributed by atoms with Crippen LogP contribution in [0.4, 0.5) is 5.69 Å². The molecule has 10 heteroatoms. The van der Waals surface area contributed by atoms with Crippen molar-refractivity contribution < 1.29 is 4.79 Å². The molecule has 4 rings (SSSR count). The fourth-order valence-electron chi connectivity index (χ4n) is 2.89. The molecular weight excluding hydrogens is 440 g/mol. The number of benzene rings is 2. The molecule has 0 bridgehead atoms. The summed E-state index contributed by atoms with van der Waals surface area (Å²) in [6.45, 7) is 3.99. The molecule has 0 unspecified atom stereocenters. The van der Waals surface area contributed by atoms with Crippen LogP contribution in [0.25, 0.3) is 15.5 Å². The molecule has 30 heavy (non-hydrogen) atoms. The highest BCUT2D eigenvalue weighted by molar-refractivity contribution is 7.80. The van der Waals surface area contributed by atoms with Gasteiger partial charge in [-0.2, -0.15) is 9.61 Å². The average Bonchev–Trinajstić information content (AvgIpc) is 3.30. The van der Waals surface area contributed by atoms with Gasteiger partial charge in [-0.1, -0.05) is 35.9 Å². The number of rotatable bonds is 4. The van der Waals surface area contributed by atoms with Crippen LogP contribution in [0.5, 0.6) is 0 Å². The first-order valence-electron chi connectivity index (χ1n) is 9.14. The minimum atomic E-state index is -0.323. The van der Waals surface area contributed by atoms with Crippen molar-refractivity contribution in [3.05, 3.63) is 64.4 Å². The number of hydrogen-bond acceptors (Lipinski definition) is 6. The third-order valence-corrected chi connectivity index (χ3v) is 5.79. The van der Waals surface area contributed by atoms with Gasteiger partial charge in [-0.15, -0.1) is 10.2 Å². The summed E-state index contributed by atoms with van der Waals surface area (Å²) in [5, 5.41) is 20.2. The Morgan fingerprint density at radius 3 is 2.80 bits per heavy atom. The third-order valence-electron chi connectivity index (χ3n) is 4.41. The van der Waals surface area contributed by atoms with E-state index in [0.717, 1.165) is 39.0 Å². The largest absolute Gasteiger partial charge is 0.332 e. The van der Waals surface area contributed by atoms with Crippen LogP contribution >= 0.6 is 35.2 Å². The Labute approximate surface area is 187 Å². The first kappa shape index (κ1) is 20.4. The molecule has 0 radical (unpaired) electrons. The molecule has 0 saturated heterocycles. The van der Waals surface area contributed by atoms with Crippen LogP contribution in [0.15, 0.2) is 42.5 Å². The number of aromatic nitrogens is 4. The average molecular weight is 457 g/mol. The van der Waals surface area contributed by atoms with Gasteiger partial charge in [-0.3, -0.25) is 10.1 Å². The summed E-state index contributed by atoms with van der Waals surface area (Å²) in [6, 6.07) is 12.6. The number of fused-ring (bicyclic) bond motifs is 1. The summed E-state index contributed by atoms with van der Waals surface area (Å²) in [5.74, 6) is 0.513. The summed E-state index contributed by atoms with van der Waals surface area (Å²) in [6.07, 6.45) is 0.768. The van der Waals surface area contributed by atoms with E-state index < -0.39 is 0 Å². The number of amides is 1. The van der Waals surface area contributed by atoms with Crippen molar-refractivity contribution in [2.75, 3.05) is 5.32 Å². The van der Waals surface area contributed by atoms with E-state index in [4.69, 9.17) is 23.8 Å². The number of carbonyl (C=O) groups is 1. The normalized spacial score (nSPS) is 10.9. The number of nitrogens with one attached hydrogen (secondary N) is 2. The Kier molecular flexibility index (Phi) is 5.76. The van der Waals surface area contributed by atoms with Crippen molar-refractivity contribution in [2.45, 2.75) is 20.3 Å². The second-order valence-corrected chi connectivity index (χ2v) is 8.32. The minimum Gasteiger partial charge on any atom is -0.332 e. The van der Waals surface area contributed by atoms with Crippen LogP contribution in [0, 0.1) is 6.92 Å². The lowest BCUT2D eigenvalue weighted by Gasteiger charge is -2.12. The molecule has 0 aliphatic heterocycles. The van der Waals surface area contributed by atoms with Gasteiger partial charge < -0.3 is 5.32 Å². The highest BCUT2D eigenvalue weighted by atomic mass is 35.5. The lowest BCUT2D eigenvalue weighted by Crippen LogP contribution is -2.34. The summed E-state index contributed by atoms with van der Waals surface area (Å²) in [4.78, 5) is 13.1. The molecule has 0 atom stereocenters. The van der Waals surface area contributed by atoms with Crippen molar-refractivity contribution in [3.63, 3.8) is 0 Å². The second kappa shape index (κ2) is 8.47.